The molecule has 0 saturated carbocycles. The Morgan fingerprint density at radius 3 is 2.57 bits per heavy atom. The first-order chi connectivity index (χ1) is 9.82. The summed E-state index contributed by atoms with van der Waals surface area (Å²) in [6, 6.07) is 2.31. The number of rotatable bonds is 8. The van der Waals surface area contributed by atoms with E-state index in [0.717, 1.165) is 6.07 Å². The van der Waals surface area contributed by atoms with E-state index >= 15 is 0 Å². The molecule has 0 aliphatic rings. The Morgan fingerprint density at radius 2 is 2.05 bits per heavy atom. The van der Waals surface area contributed by atoms with Crippen molar-refractivity contribution in [3.8, 4) is 5.75 Å². The van der Waals surface area contributed by atoms with Crippen LogP contribution in [0.2, 0.25) is 0 Å². The molecule has 0 saturated heterocycles. The highest BCUT2D eigenvalue weighted by Crippen LogP contribution is 2.29. The van der Waals surface area contributed by atoms with Gasteiger partial charge in [-0.05, 0) is 18.9 Å². The van der Waals surface area contributed by atoms with E-state index in [1.807, 2.05) is 13.8 Å². The van der Waals surface area contributed by atoms with Gasteiger partial charge in [0, 0.05) is 12.7 Å². The average Bonchev–Trinajstić information content (AvgIpc) is 2.39. The van der Waals surface area contributed by atoms with Crippen molar-refractivity contribution >= 4 is 11.7 Å². The monoisotopic (exact) mass is 297 g/mol. The first-order valence-electron chi connectivity index (χ1n) is 6.55. The zero-order chi connectivity index (χ0) is 16.0. The van der Waals surface area contributed by atoms with Gasteiger partial charge in [-0.2, -0.15) is 0 Å². The number of aromatic carboxylic acids is 1. The third-order valence-corrected chi connectivity index (χ3v) is 2.71. The summed E-state index contributed by atoms with van der Waals surface area (Å²) in [5.41, 5.74) is -0.146. The molecule has 1 aromatic carbocycles. The summed E-state index contributed by atoms with van der Waals surface area (Å²) < 4.78 is 10.7. The van der Waals surface area contributed by atoms with Crippen LogP contribution < -0.4 is 4.74 Å². The van der Waals surface area contributed by atoms with E-state index in [0.29, 0.717) is 24.7 Å². The first-order valence-corrected chi connectivity index (χ1v) is 6.55. The number of carboxylic acid groups (broad SMARTS) is 1. The minimum absolute atomic E-state index is 0.176. The SMILES string of the molecule is Cc1c(OCCOCC(C)C)cc(C(=O)O)cc1[N+](=O)[O-]. The van der Waals surface area contributed by atoms with Gasteiger partial charge < -0.3 is 14.6 Å². The van der Waals surface area contributed by atoms with Gasteiger partial charge >= 0.3 is 5.97 Å². The molecule has 0 unspecified atom stereocenters. The van der Waals surface area contributed by atoms with Crippen LogP contribution in [0, 0.1) is 23.0 Å². The smallest absolute Gasteiger partial charge is 0.336 e. The molecule has 1 N–H and O–H groups in total. The lowest BCUT2D eigenvalue weighted by Gasteiger charge is -2.11. The summed E-state index contributed by atoms with van der Waals surface area (Å²) in [7, 11) is 0. The molecule has 116 valence electrons. The van der Waals surface area contributed by atoms with Crippen LogP contribution in [-0.4, -0.2) is 35.8 Å². The average molecular weight is 297 g/mol. The van der Waals surface area contributed by atoms with Gasteiger partial charge in [0.05, 0.1) is 22.7 Å². The summed E-state index contributed by atoms with van der Waals surface area (Å²) >= 11 is 0. The molecular formula is C14H19NO6. The number of hydrogen-bond acceptors (Lipinski definition) is 5. The third-order valence-electron chi connectivity index (χ3n) is 2.71. The maximum Gasteiger partial charge on any atom is 0.336 e. The predicted molar refractivity (Wildman–Crippen MR) is 75.9 cm³/mol. The molecule has 0 atom stereocenters. The van der Waals surface area contributed by atoms with Crippen LogP contribution in [-0.2, 0) is 4.74 Å². The van der Waals surface area contributed by atoms with Crippen molar-refractivity contribution in [3.63, 3.8) is 0 Å². The second kappa shape index (κ2) is 7.58. The van der Waals surface area contributed by atoms with Crippen molar-refractivity contribution in [1.82, 2.24) is 0 Å². The number of nitro benzene ring substituents is 1. The molecule has 0 aliphatic carbocycles. The van der Waals surface area contributed by atoms with E-state index in [2.05, 4.69) is 0 Å². The van der Waals surface area contributed by atoms with E-state index in [4.69, 9.17) is 14.6 Å². The Kier molecular flexibility index (Phi) is 6.10. The molecule has 1 rings (SSSR count). The van der Waals surface area contributed by atoms with Crippen molar-refractivity contribution in [1.29, 1.82) is 0 Å². The highest BCUT2D eigenvalue weighted by molar-refractivity contribution is 5.89. The molecule has 0 aromatic heterocycles. The largest absolute Gasteiger partial charge is 0.491 e. The Labute approximate surface area is 122 Å². The second-order valence-corrected chi connectivity index (χ2v) is 5.00. The Bertz CT molecular complexity index is 526. The van der Waals surface area contributed by atoms with Crippen LogP contribution in [0.15, 0.2) is 12.1 Å². The lowest BCUT2D eigenvalue weighted by Crippen LogP contribution is -2.11. The zero-order valence-electron chi connectivity index (χ0n) is 12.3. The normalized spacial score (nSPS) is 10.7. The minimum Gasteiger partial charge on any atom is -0.491 e. The van der Waals surface area contributed by atoms with E-state index < -0.39 is 10.9 Å². The number of benzene rings is 1. The van der Waals surface area contributed by atoms with Crippen LogP contribution in [0.5, 0.6) is 5.75 Å². The standard InChI is InChI=1S/C14H19NO6/c1-9(2)8-20-4-5-21-13-7-11(14(16)17)6-12(10(13)3)15(18)19/h6-7,9H,4-5,8H2,1-3H3,(H,16,17). The number of carbonyl (C=O) groups is 1. The molecule has 7 heteroatoms. The predicted octanol–water partition coefficient (Wildman–Crippen LogP) is 2.65. The zero-order valence-corrected chi connectivity index (χ0v) is 12.3. The fourth-order valence-corrected chi connectivity index (χ4v) is 1.67. The lowest BCUT2D eigenvalue weighted by atomic mass is 10.1. The first kappa shape index (κ1) is 16.9. The summed E-state index contributed by atoms with van der Waals surface area (Å²) in [6.45, 7) is 6.69. The quantitative estimate of drug-likeness (QED) is 0.450. The Morgan fingerprint density at radius 1 is 1.38 bits per heavy atom. The van der Waals surface area contributed by atoms with Crippen molar-refractivity contribution in [3.05, 3.63) is 33.4 Å². The molecule has 7 nitrogen and oxygen atoms in total. The molecule has 0 bridgehead atoms. The molecule has 0 heterocycles. The van der Waals surface area contributed by atoms with E-state index in [1.54, 1.807) is 0 Å². The van der Waals surface area contributed by atoms with Gasteiger partial charge in [0.1, 0.15) is 12.4 Å². The molecule has 0 spiro atoms. The van der Waals surface area contributed by atoms with Gasteiger partial charge in [0.2, 0.25) is 0 Å². The molecule has 1 aromatic rings. The molecule has 0 fully saturated rings. The topological polar surface area (TPSA) is 98.9 Å². The van der Waals surface area contributed by atoms with Crippen LogP contribution in [0.3, 0.4) is 0 Å². The van der Waals surface area contributed by atoms with Crippen LogP contribution in [0.1, 0.15) is 29.8 Å². The maximum absolute atomic E-state index is 11.0. The number of hydrogen-bond donors (Lipinski definition) is 1. The van der Waals surface area contributed by atoms with E-state index in [1.165, 1.54) is 13.0 Å². The van der Waals surface area contributed by atoms with Crippen LogP contribution in [0.25, 0.3) is 0 Å². The van der Waals surface area contributed by atoms with Crippen molar-refractivity contribution in [2.24, 2.45) is 5.92 Å². The molecule has 0 aliphatic heterocycles. The molecule has 21 heavy (non-hydrogen) atoms. The summed E-state index contributed by atoms with van der Waals surface area (Å²) in [5, 5.41) is 19.9. The van der Waals surface area contributed by atoms with E-state index in [-0.39, 0.29) is 23.6 Å². The Balaban J connectivity index is 2.80. The minimum atomic E-state index is -1.24. The fourth-order valence-electron chi connectivity index (χ4n) is 1.67. The van der Waals surface area contributed by atoms with Crippen LogP contribution >= 0.6 is 0 Å². The van der Waals surface area contributed by atoms with E-state index in [9.17, 15) is 14.9 Å². The number of ether oxygens (including phenoxy) is 2. The maximum atomic E-state index is 11.0. The van der Waals surface area contributed by atoms with Gasteiger partial charge in [-0.1, -0.05) is 13.8 Å². The molecule has 0 radical (unpaired) electrons. The molecule has 0 amide bonds. The fraction of sp³-hybridized carbons (Fsp3) is 0.500. The second-order valence-electron chi connectivity index (χ2n) is 5.00. The summed E-state index contributed by atoms with van der Waals surface area (Å²) in [4.78, 5) is 21.3. The van der Waals surface area contributed by atoms with Crippen molar-refractivity contribution in [2.75, 3.05) is 19.8 Å². The van der Waals surface area contributed by atoms with Crippen molar-refractivity contribution in [2.45, 2.75) is 20.8 Å². The highest BCUT2D eigenvalue weighted by Gasteiger charge is 2.19. The molecular weight excluding hydrogens is 278 g/mol. The highest BCUT2D eigenvalue weighted by atomic mass is 16.6. The van der Waals surface area contributed by atoms with Crippen molar-refractivity contribution < 1.29 is 24.3 Å². The van der Waals surface area contributed by atoms with Gasteiger partial charge in [-0.25, -0.2) is 4.79 Å². The summed E-state index contributed by atoms with van der Waals surface area (Å²) in [6.07, 6.45) is 0. The lowest BCUT2D eigenvalue weighted by molar-refractivity contribution is -0.385. The number of carboxylic acids is 1. The van der Waals surface area contributed by atoms with Gasteiger partial charge in [0.15, 0.2) is 0 Å². The number of nitrogens with zero attached hydrogens (tertiary/aromatic N) is 1. The van der Waals surface area contributed by atoms with Gasteiger partial charge in [-0.15, -0.1) is 0 Å². The number of nitro groups is 1. The summed E-state index contributed by atoms with van der Waals surface area (Å²) in [5.74, 6) is -0.642. The Hall–Kier alpha value is -2.15. The van der Waals surface area contributed by atoms with Gasteiger partial charge in [0.25, 0.3) is 5.69 Å². The van der Waals surface area contributed by atoms with Crippen LogP contribution in [0.4, 0.5) is 5.69 Å². The third kappa shape index (κ3) is 5.03. The van der Waals surface area contributed by atoms with Gasteiger partial charge in [-0.3, -0.25) is 10.1 Å².